The lowest BCUT2D eigenvalue weighted by atomic mass is 9.95. The number of benzene rings is 2. The lowest BCUT2D eigenvalue weighted by molar-refractivity contribution is 0.416. The van der Waals surface area contributed by atoms with Gasteiger partial charge in [0.1, 0.15) is 5.75 Å². The van der Waals surface area contributed by atoms with E-state index in [1.165, 1.54) is 27.8 Å². The van der Waals surface area contributed by atoms with Crippen LogP contribution >= 0.6 is 0 Å². The van der Waals surface area contributed by atoms with Crippen molar-refractivity contribution in [1.82, 2.24) is 5.32 Å². The van der Waals surface area contributed by atoms with Crippen LogP contribution in [0.1, 0.15) is 36.1 Å². The molecule has 0 radical (unpaired) electrons. The van der Waals surface area contributed by atoms with E-state index in [2.05, 4.69) is 62.5 Å². The second-order valence-electron chi connectivity index (χ2n) is 5.53. The fraction of sp³-hybridized carbons (Fsp3) is 0.368. The molecule has 1 N–H and O–H groups in total. The van der Waals surface area contributed by atoms with Gasteiger partial charge in [0, 0.05) is 11.6 Å². The topological polar surface area (TPSA) is 21.3 Å². The number of hydrogen-bond donors (Lipinski definition) is 1. The number of hydrogen-bond acceptors (Lipinski definition) is 2. The minimum atomic E-state index is 0.417. The summed E-state index contributed by atoms with van der Waals surface area (Å²) in [5.74, 6) is 0.945. The second kappa shape index (κ2) is 6.77. The van der Waals surface area contributed by atoms with Crippen LogP contribution in [-0.4, -0.2) is 14.2 Å². The van der Waals surface area contributed by atoms with Gasteiger partial charge in [0.15, 0.2) is 0 Å². The fourth-order valence-corrected chi connectivity index (χ4v) is 2.95. The first kappa shape index (κ1) is 15.6. The number of nitrogens with one attached hydrogen (secondary N) is 1. The van der Waals surface area contributed by atoms with Crippen molar-refractivity contribution in [2.45, 2.75) is 33.2 Å². The third-order valence-electron chi connectivity index (χ3n) is 4.02. The van der Waals surface area contributed by atoms with E-state index >= 15 is 0 Å². The van der Waals surface area contributed by atoms with E-state index in [-0.39, 0.29) is 0 Å². The highest BCUT2D eigenvalue weighted by Crippen LogP contribution is 2.34. The average molecular weight is 283 g/mol. The van der Waals surface area contributed by atoms with Crippen molar-refractivity contribution < 1.29 is 4.74 Å². The Bertz CT molecular complexity index is 598. The van der Waals surface area contributed by atoms with Gasteiger partial charge in [-0.3, -0.25) is 0 Å². The molecule has 2 rings (SSSR count). The molecule has 2 aromatic rings. The smallest absolute Gasteiger partial charge is 0.127 e. The molecule has 0 amide bonds. The maximum Gasteiger partial charge on any atom is 0.127 e. The second-order valence-corrected chi connectivity index (χ2v) is 5.53. The predicted molar refractivity (Wildman–Crippen MR) is 90.0 cm³/mol. The van der Waals surface area contributed by atoms with Crippen LogP contribution in [0.4, 0.5) is 0 Å². The highest BCUT2D eigenvalue weighted by Gasteiger charge is 2.11. The van der Waals surface area contributed by atoms with Crippen molar-refractivity contribution in [3.05, 3.63) is 53.1 Å². The van der Waals surface area contributed by atoms with Gasteiger partial charge in [-0.25, -0.2) is 0 Å². The van der Waals surface area contributed by atoms with E-state index in [1.807, 2.05) is 7.05 Å². The van der Waals surface area contributed by atoms with Crippen molar-refractivity contribution in [1.29, 1.82) is 0 Å². The van der Waals surface area contributed by atoms with Crippen LogP contribution in [0.2, 0.25) is 0 Å². The molecule has 2 nitrogen and oxygen atoms in total. The van der Waals surface area contributed by atoms with Gasteiger partial charge in [-0.05, 0) is 55.6 Å². The van der Waals surface area contributed by atoms with Crippen LogP contribution in [0.25, 0.3) is 11.1 Å². The lowest BCUT2D eigenvalue weighted by Gasteiger charge is -2.16. The first-order valence-corrected chi connectivity index (χ1v) is 7.53. The average Bonchev–Trinajstić information content (AvgIpc) is 2.48. The third kappa shape index (κ3) is 3.27. The van der Waals surface area contributed by atoms with Crippen LogP contribution < -0.4 is 10.1 Å². The summed E-state index contributed by atoms with van der Waals surface area (Å²) in [7, 11) is 3.75. The number of methoxy groups -OCH3 is 1. The molecule has 0 aliphatic rings. The highest BCUT2D eigenvalue weighted by molar-refractivity contribution is 5.74. The Hall–Kier alpha value is -1.80. The molecule has 0 fully saturated rings. The van der Waals surface area contributed by atoms with Crippen LogP contribution in [0.5, 0.6) is 5.75 Å². The molecule has 0 bridgehead atoms. The summed E-state index contributed by atoms with van der Waals surface area (Å²) in [6.07, 6.45) is 1.09. The van der Waals surface area contributed by atoms with E-state index in [0.29, 0.717) is 6.04 Å². The molecule has 0 saturated heterocycles. The van der Waals surface area contributed by atoms with Gasteiger partial charge in [-0.1, -0.05) is 37.3 Å². The summed E-state index contributed by atoms with van der Waals surface area (Å²) in [5.41, 5.74) is 6.20. The minimum absolute atomic E-state index is 0.417. The molecule has 0 aliphatic carbocycles. The Kier molecular flexibility index (Phi) is 5.03. The zero-order valence-electron chi connectivity index (χ0n) is 13.7. The number of aryl methyl sites for hydroxylation is 2. The SMILES string of the molecule is CCC(NC)c1ccc(-c2c(C)cc(C)cc2OC)cc1. The van der Waals surface area contributed by atoms with Crippen LogP contribution in [0, 0.1) is 13.8 Å². The van der Waals surface area contributed by atoms with Crippen molar-refractivity contribution >= 4 is 0 Å². The zero-order chi connectivity index (χ0) is 15.4. The highest BCUT2D eigenvalue weighted by atomic mass is 16.5. The summed E-state index contributed by atoms with van der Waals surface area (Å²) in [6.45, 7) is 6.44. The Balaban J connectivity index is 2.44. The molecule has 1 atom stereocenters. The molecule has 0 heterocycles. The van der Waals surface area contributed by atoms with Gasteiger partial charge >= 0.3 is 0 Å². The molecule has 21 heavy (non-hydrogen) atoms. The van der Waals surface area contributed by atoms with E-state index < -0.39 is 0 Å². The summed E-state index contributed by atoms with van der Waals surface area (Å²) in [4.78, 5) is 0. The summed E-state index contributed by atoms with van der Waals surface area (Å²) >= 11 is 0. The zero-order valence-corrected chi connectivity index (χ0v) is 13.7. The number of ether oxygens (including phenoxy) is 1. The fourth-order valence-electron chi connectivity index (χ4n) is 2.95. The van der Waals surface area contributed by atoms with Crippen LogP contribution in [0.15, 0.2) is 36.4 Å². The summed E-state index contributed by atoms with van der Waals surface area (Å²) in [5, 5.41) is 3.34. The van der Waals surface area contributed by atoms with E-state index in [4.69, 9.17) is 4.74 Å². The van der Waals surface area contributed by atoms with Crippen molar-refractivity contribution in [3.63, 3.8) is 0 Å². The van der Waals surface area contributed by atoms with Gasteiger partial charge in [0.2, 0.25) is 0 Å². The number of rotatable bonds is 5. The molecule has 0 aliphatic heterocycles. The van der Waals surface area contributed by atoms with Gasteiger partial charge in [0.05, 0.1) is 7.11 Å². The molecule has 2 aromatic carbocycles. The maximum atomic E-state index is 5.57. The molecule has 2 heteroatoms. The Labute approximate surface area is 128 Å². The van der Waals surface area contributed by atoms with Gasteiger partial charge in [0.25, 0.3) is 0 Å². The first-order valence-electron chi connectivity index (χ1n) is 7.53. The molecule has 0 aromatic heterocycles. The third-order valence-corrected chi connectivity index (χ3v) is 4.02. The van der Waals surface area contributed by atoms with Gasteiger partial charge in [-0.15, -0.1) is 0 Å². The normalized spacial score (nSPS) is 12.2. The molecule has 112 valence electrons. The van der Waals surface area contributed by atoms with Crippen LogP contribution in [0.3, 0.4) is 0 Å². The van der Waals surface area contributed by atoms with Crippen molar-refractivity contribution in [3.8, 4) is 16.9 Å². The molecule has 0 saturated carbocycles. The standard InChI is InChI=1S/C19H25NO/c1-6-17(20-4)15-7-9-16(10-8-15)19-14(3)11-13(2)12-18(19)21-5/h7-12,17,20H,6H2,1-5H3. The van der Waals surface area contributed by atoms with E-state index in [1.54, 1.807) is 7.11 Å². The Morgan fingerprint density at radius 3 is 2.29 bits per heavy atom. The lowest BCUT2D eigenvalue weighted by Crippen LogP contribution is -2.14. The van der Waals surface area contributed by atoms with Crippen molar-refractivity contribution in [2.24, 2.45) is 0 Å². The summed E-state index contributed by atoms with van der Waals surface area (Å²) < 4.78 is 5.57. The monoisotopic (exact) mass is 283 g/mol. The Morgan fingerprint density at radius 1 is 1.10 bits per heavy atom. The molecule has 0 spiro atoms. The van der Waals surface area contributed by atoms with Gasteiger partial charge in [-0.2, -0.15) is 0 Å². The quantitative estimate of drug-likeness (QED) is 0.862. The van der Waals surface area contributed by atoms with Gasteiger partial charge < -0.3 is 10.1 Å². The first-order chi connectivity index (χ1) is 10.1. The Morgan fingerprint density at radius 2 is 1.76 bits per heavy atom. The van der Waals surface area contributed by atoms with E-state index in [9.17, 15) is 0 Å². The van der Waals surface area contributed by atoms with Crippen LogP contribution in [-0.2, 0) is 0 Å². The minimum Gasteiger partial charge on any atom is -0.496 e. The largest absolute Gasteiger partial charge is 0.496 e. The van der Waals surface area contributed by atoms with E-state index in [0.717, 1.165) is 12.2 Å². The summed E-state index contributed by atoms with van der Waals surface area (Å²) in [6, 6.07) is 13.5. The molecular formula is C19H25NO. The predicted octanol–water partition coefficient (Wildman–Crippen LogP) is 4.65. The molecule has 1 unspecified atom stereocenters. The molecular weight excluding hydrogens is 258 g/mol. The maximum absolute atomic E-state index is 5.57. The van der Waals surface area contributed by atoms with Crippen molar-refractivity contribution in [2.75, 3.05) is 14.2 Å².